The summed E-state index contributed by atoms with van der Waals surface area (Å²) in [5, 5.41) is 2.29. The minimum atomic E-state index is -0.997. The maximum absolute atomic E-state index is 13.6. The van der Waals surface area contributed by atoms with E-state index >= 15 is 0 Å². The number of nitrogens with one attached hydrogen (secondary N) is 1. The van der Waals surface area contributed by atoms with E-state index in [1.165, 1.54) is 25.1 Å². The average molecular weight is 344 g/mol. The predicted octanol–water partition coefficient (Wildman–Crippen LogP) is 4.43. The molecule has 0 saturated carbocycles. The van der Waals surface area contributed by atoms with Crippen LogP contribution in [0.1, 0.15) is 15.9 Å². The fourth-order valence-corrected chi connectivity index (χ4v) is 2.09. The Balaban J connectivity index is 2.36. The van der Waals surface area contributed by atoms with E-state index in [2.05, 4.69) is 21.2 Å². The Kier molecular flexibility index (Phi) is 4.13. The van der Waals surface area contributed by atoms with Crippen LogP contribution in [0, 0.1) is 24.4 Å². The van der Waals surface area contributed by atoms with Crippen LogP contribution < -0.4 is 5.32 Å². The van der Waals surface area contributed by atoms with E-state index in [9.17, 15) is 18.0 Å². The van der Waals surface area contributed by atoms with E-state index in [0.717, 1.165) is 12.1 Å². The van der Waals surface area contributed by atoms with Gasteiger partial charge < -0.3 is 5.32 Å². The Bertz CT molecular complexity index is 665. The van der Waals surface area contributed by atoms with Crippen LogP contribution in [0.3, 0.4) is 0 Å². The van der Waals surface area contributed by atoms with Crippen molar-refractivity contribution < 1.29 is 18.0 Å². The van der Waals surface area contributed by atoms with Crippen molar-refractivity contribution in [1.29, 1.82) is 0 Å². The molecule has 0 aliphatic heterocycles. The number of hydrogen-bond acceptors (Lipinski definition) is 1. The summed E-state index contributed by atoms with van der Waals surface area (Å²) >= 11 is 2.92. The zero-order valence-electron chi connectivity index (χ0n) is 10.3. The van der Waals surface area contributed by atoms with Gasteiger partial charge in [-0.05, 0) is 31.2 Å². The molecule has 0 aromatic heterocycles. The minimum absolute atomic E-state index is 0.164. The lowest BCUT2D eigenvalue weighted by atomic mass is 10.1. The smallest absolute Gasteiger partial charge is 0.261 e. The van der Waals surface area contributed by atoms with Gasteiger partial charge in [0, 0.05) is 15.7 Å². The van der Waals surface area contributed by atoms with E-state index < -0.39 is 28.9 Å². The van der Waals surface area contributed by atoms with Crippen molar-refractivity contribution in [2.45, 2.75) is 6.92 Å². The number of rotatable bonds is 2. The van der Waals surface area contributed by atoms with Crippen molar-refractivity contribution in [2.75, 3.05) is 5.32 Å². The predicted molar refractivity (Wildman–Crippen MR) is 73.1 cm³/mol. The first-order valence-corrected chi connectivity index (χ1v) is 6.40. The van der Waals surface area contributed by atoms with Gasteiger partial charge >= 0.3 is 0 Å². The lowest BCUT2D eigenvalue weighted by molar-refractivity contribution is 0.101. The van der Waals surface area contributed by atoms with E-state index in [4.69, 9.17) is 0 Å². The number of carbonyl (C=O) groups is 1. The molecule has 2 nitrogen and oxygen atoms in total. The Morgan fingerprint density at radius 3 is 2.30 bits per heavy atom. The van der Waals surface area contributed by atoms with Gasteiger partial charge in [0.25, 0.3) is 5.91 Å². The van der Waals surface area contributed by atoms with Crippen LogP contribution >= 0.6 is 15.9 Å². The van der Waals surface area contributed by atoms with Gasteiger partial charge in [0.2, 0.25) is 0 Å². The molecule has 0 aliphatic carbocycles. The summed E-state index contributed by atoms with van der Waals surface area (Å²) in [4.78, 5) is 11.9. The second-order valence-corrected chi connectivity index (χ2v) is 5.03. The standard InChI is InChI=1S/C14H9BrF3NO/c1-7-9(16)3-2-4-12(7)19-14(20)13-10(17)5-8(15)6-11(13)18/h2-6H,1H3,(H,19,20). The first kappa shape index (κ1) is 14.6. The first-order valence-electron chi connectivity index (χ1n) is 5.61. The summed E-state index contributed by atoms with van der Waals surface area (Å²) in [6.45, 7) is 1.46. The summed E-state index contributed by atoms with van der Waals surface area (Å²) in [7, 11) is 0. The first-order chi connectivity index (χ1) is 9.40. The normalized spacial score (nSPS) is 10.4. The highest BCUT2D eigenvalue weighted by Gasteiger charge is 2.19. The molecule has 2 aromatic carbocycles. The van der Waals surface area contributed by atoms with Crippen molar-refractivity contribution in [3.8, 4) is 0 Å². The van der Waals surface area contributed by atoms with Gasteiger partial charge in [-0.3, -0.25) is 4.79 Å². The van der Waals surface area contributed by atoms with Crippen LogP contribution in [0.25, 0.3) is 0 Å². The van der Waals surface area contributed by atoms with Crippen LogP contribution in [-0.4, -0.2) is 5.91 Å². The molecule has 0 atom stereocenters. The van der Waals surface area contributed by atoms with Gasteiger partial charge in [0.15, 0.2) is 0 Å². The maximum Gasteiger partial charge on any atom is 0.261 e. The van der Waals surface area contributed by atoms with E-state index in [1.807, 2.05) is 0 Å². The van der Waals surface area contributed by atoms with Gasteiger partial charge in [-0.25, -0.2) is 13.2 Å². The molecule has 0 unspecified atom stereocenters. The molecule has 0 saturated heterocycles. The Morgan fingerprint density at radius 2 is 1.70 bits per heavy atom. The number of carbonyl (C=O) groups excluding carboxylic acids is 1. The Hall–Kier alpha value is -1.82. The van der Waals surface area contributed by atoms with Crippen molar-refractivity contribution >= 4 is 27.5 Å². The molecule has 104 valence electrons. The lowest BCUT2D eigenvalue weighted by Gasteiger charge is -2.10. The van der Waals surface area contributed by atoms with Crippen LogP contribution in [0.15, 0.2) is 34.8 Å². The number of amides is 1. The molecule has 0 aliphatic rings. The van der Waals surface area contributed by atoms with Gasteiger partial charge in [-0.15, -0.1) is 0 Å². The fraction of sp³-hybridized carbons (Fsp3) is 0.0714. The molecule has 0 spiro atoms. The highest BCUT2D eigenvalue weighted by atomic mass is 79.9. The quantitative estimate of drug-likeness (QED) is 0.858. The highest BCUT2D eigenvalue weighted by Crippen LogP contribution is 2.22. The van der Waals surface area contributed by atoms with Crippen molar-refractivity contribution in [3.05, 3.63) is 63.4 Å². The monoisotopic (exact) mass is 343 g/mol. The van der Waals surface area contributed by atoms with Crippen LogP contribution in [-0.2, 0) is 0 Å². The zero-order chi connectivity index (χ0) is 14.9. The third kappa shape index (κ3) is 2.85. The minimum Gasteiger partial charge on any atom is -0.321 e. The van der Waals surface area contributed by atoms with E-state index in [1.54, 1.807) is 0 Å². The summed E-state index contributed by atoms with van der Waals surface area (Å²) in [6.07, 6.45) is 0. The summed E-state index contributed by atoms with van der Waals surface area (Å²) in [5.74, 6) is -3.48. The lowest BCUT2D eigenvalue weighted by Crippen LogP contribution is -2.16. The molecule has 1 N–H and O–H groups in total. The summed E-state index contributed by atoms with van der Waals surface area (Å²) < 4.78 is 40.8. The molecule has 2 aromatic rings. The SMILES string of the molecule is Cc1c(F)cccc1NC(=O)c1c(F)cc(Br)cc1F. The molecule has 0 fully saturated rings. The van der Waals surface area contributed by atoms with Gasteiger partial charge in [0.05, 0.1) is 0 Å². The molecule has 2 rings (SSSR count). The molecule has 6 heteroatoms. The van der Waals surface area contributed by atoms with Gasteiger partial charge in [-0.1, -0.05) is 22.0 Å². The highest BCUT2D eigenvalue weighted by molar-refractivity contribution is 9.10. The second-order valence-electron chi connectivity index (χ2n) is 4.11. The molecule has 0 radical (unpaired) electrons. The van der Waals surface area contributed by atoms with Gasteiger partial charge in [-0.2, -0.15) is 0 Å². The van der Waals surface area contributed by atoms with Crippen LogP contribution in [0.5, 0.6) is 0 Å². The van der Waals surface area contributed by atoms with Crippen molar-refractivity contribution in [1.82, 2.24) is 0 Å². The number of hydrogen-bond donors (Lipinski definition) is 1. The molecule has 0 bridgehead atoms. The zero-order valence-corrected chi connectivity index (χ0v) is 11.9. The molecule has 1 amide bonds. The molecular formula is C14H9BrF3NO. The summed E-state index contributed by atoms with van der Waals surface area (Å²) in [5.41, 5.74) is -0.354. The van der Waals surface area contributed by atoms with E-state index in [-0.39, 0.29) is 15.7 Å². The number of halogens is 4. The maximum atomic E-state index is 13.6. The Morgan fingerprint density at radius 1 is 1.10 bits per heavy atom. The Labute approximate surface area is 121 Å². The third-order valence-corrected chi connectivity index (χ3v) is 3.21. The van der Waals surface area contributed by atoms with Crippen LogP contribution in [0.2, 0.25) is 0 Å². The second kappa shape index (κ2) is 5.66. The van der Waals surface area contributed by atoms with Gasteiger partial charge in [0.1, 0.15) is 23.0 Å². The van der Waals surface area contributed by atoms with Crippen molar-refractivity contribution in [3.63, 3.8) is 0 Å². The molecule has 20 heavy (non-hydrogen) atoms. The average Bonchev–Trinajstić information content (AvgIpc) is 2.33. The molecule has 0 heterocycles. The van der Waals surface area contributed by atoms with E-state index in [0.29, 0.717) is 0 Å². The van der Waals surface area contributed by atoms with Crippen LogP contribution in [0.4, 0.5) is 18.9 Å². The number of anilines is 1. The summed E-state index contributed by atoms with van der Waals surface area (Å²) in [6, 6.07) is 6.04. The van der Waals surface area contributed by atoms with Crippen molar-refractivity contribution in [2.24, 2.45) is 0 Å². The third-order valence-electron chi connectivity index (χ3n) is 2.75. The topological polar surface area (TPSA) is 29.1 Å². The molecular weight excluding hydrogens is 335 g/mol. The fourth-order valence-electron chi connectivity index (χ4n) is 1.69. The largest absolute Gasteiger partial charge is 0.321 e. The number of benzene rings is 2.